The number of furan rings is 1. The molecule has 20 heavy (non-hydrogen) atoms. The third-order valence-corrected chi connectivity index (χ3v) is 3.97. The van der Waals surface area contributed by atoms with Crippen LogP contribution in [0.2, 0.25) is 0 Å². The fourth-order valence-electron chi connectivity index (χ4n) is 2.14. The monoisotopic (exact) mass is 275 g/mol. The van der Waals surface area contributed by atoms with Crippen LogP contribution >= 0.6 is 0 Å². The lowest BCUT2D eigenvalue weighted by atomic mass is 9.87. The van der Waals surface area contributed by atoms with Crippen molar-refractivity contribution >= 4 is 11.0 Å². The number of fused-ring (bicyclic) bond motifs is 1. The summed E-state index contributed by atoms with van der Waals surface area (Å²) in [7, 11) is 1.67. The van der Waals surface area contributed by atoms with Crippen molar-refractivity contribution in [3.05, 3.63) is 30.0 Å². The number of nitrogens with one attached hydrogen (secondary N) is 1. The van der Waals surface area contributed by atoms with Crippen molar-refractivity contribution in [3.63, 3.8) is 0 Å². The van der Waals surface area contributed by atoms with E-state index < -0.39 is 0 Å². The summed E-state index contributed by atoms with van der Waals surface area (Å²) in [5.74, 6) is 1.73. The molecule has 0 bridgehead atoms. The van der Waals surface area contributed by atoms with Gasteiger partial charge in [-0.05, 0) is 31.4 Å². The third-order valence-electron chi connectivity index (χ3n) is 3.97. The molecule has 110 valence electrons. The van der Waals surface area contributed by atoms with E-state index in [0.717, 1.165) is 22.5 Å². The highest BCUT2D eigenvalue weighted by Crippen LogP contribution is 2.31. The number of hydrogen-bond acceptors (Lipinski definition) is 3. The summed E-state index contributed by atoms with van der Waals surface area (Å²) in [5, 5.41) is 4.68. The summed E-state index contributed by atoms with van der Waals surface area (Å²) in [5.41, 5.74) is 1.04. The molecule has 0 radical (unpaired) electrons. The Morgan fingerprint density at radius 2 is 1.90 bits per heavy atom. The van der Waals surface area contributed by atoms with Gasteiger partial charge in [0.05, 0.1) is 13.2 Å². The number of hydrogen-bond donors (Lipinski definition) is 1. The van der Waals surface area contributed by atoms with Crippen LogP contribution in [-0.2, 0) is 0 Å². The zero-order chi connectivity index (χ0) is 14.9. The summed E-state index contributed by atoms with van der Waals surface area (Å²) in [6.45, 7) is 11.0. The molecule has 0 saturated carbocycles. The van der Waals surface area contributed by atoms with Gasteiger partial charge in [-0.1, -0.05) is 32.9 Å². The van der Waals surface area contributed by atoms with Crippen molar-refractivity contribution in [2.24, 2.45) is 5.41 Å². The first-order chi connectivity index (χ1) is 9.32. The van der Waals surface area contributed by atoms with Crippen LogP contribution in [0, 0.1) is 5.41 Å². The molecule has 2 atom stereocenters. The van der Waals surface area contributed by atoms with Crippen LogP contribution in [0.1, 0.15) is 46.4 Å². The summed E-state index contributed by atoms with van der Waals surface area (Å²) in [6, 6.07) is 8.60. The van der Waals surface area contributed by atoms with Crippen LogP contribution in [0.4, 0.5) is 0 Å². The highest BCUT2D eigenvalue weighted by atomic mass is 16.5. The molecule has 3 nitrogen and oxygen atoms in total. The van der Waals surface area contributed by atoms with Crippen LogP contribution in [-0.4, -0.2) is 13.2 Å². The van der Waals surface area contributed by atoms with Gasteiger partial charge >= 0.3 is 0 Å². The summed E-state index contributed by atoms with van der Waals surface area (Å²) in [4.78, 5) is 0. The van der Waals surface area contributed by atoms with Gasteiger partial charge in [0.1, 0.15) is 5.76 Å². The SMILES string of the molecule is COc1cccc2cc(C(C)NC(C)C(C)(C)C)oc12. The molecule has 0 saturated heterocycles. The van der Waals surface area contributed by atoms with Crippen LogP contribution in [0.5, 0.6) is 5.75 Å². The molecular formula is C17H25NO2. The fraction of sp³-hybridized carbons (Fsp3) is 0.529. The standard InChI is InChI=1S/C17H25NO2/c1-11(18-12(2)17(3,4)5)15-10-13-8-7-9-14(19-6)16(13)20-15/h7-12,18H,1-6H3. The molecule has 0 fully saturated rings. The molecule has 0 aliphatic heterocycles. The highest BCUT2D eigenvalue weighted by molar-refractivity contribution is 5.83. The molecule has 1 aromatic heterocycles. The molecular weight excluding hydrogens is 250 g/mol. The average Bonchev–Trinajstić information content (AvgIpc) is 2.81. The van der Waals surface area contributed by atoms with Gasteiger partial charge in [-0.25, -0.2) is 0 Å². The van der Waals surface area contributed by atoms with Crippen molar-refractivity contribution in [2.45, 2.75) is 46.7 Å². The second-order valence-electron chi connectivity index (χ2n) is 6.50. The Labute approximate surface area is 121 Å². The van der Waals surface area contributed by atoms with Crippen LogP contribution in [0.25, 0.3) is 11.0 Å². The largest absolute Gasteiger partial charge is 0.493 e. The van der Waals surface area contributed by atoms with Gasteiger partial charge < -0.3 is 14.5 Å². The average molecular weight is 275 g/mol. The molecule has 2 unspecified atom stereocenters. The van der Waals surface area contributed by atoms with E-state index in [0.29, 0.717) is 6.04 Å². The molecule has 0 aliphatic carbocycles. The Balaban J connectivity index is 2.25. The normalized spacial score (nSPS) is 15.3. The van der Waals surface area contributed by atoms with Crippen molar-refractivity contribution in [3.8, 4) is 5.75 Å². The smallest absolute Gasteiger partial charge is 0.176 e. The maximum atomic E-state index is 5.98. The number of methoxy groups -OCH3 is 1. The van der Waals surface area contributed by atoms with Crippen molar-refractivity contribution in [2.75, 3.05) is 7.11 Å². The van der Waals surface area contributed by atoms with Crippen molar-refractivity contribution < 1.29 is 9.15 Å². The van der Waals surface area contributed by atoms with E-state index in [2.05, 4.69) is 46.0 Å². The summed E-state index contributed by atoms with van der Waals surface area (Å²) >= 11 is 0. The van der Waals surface area contributed by atoms with Gasteiger partial charge in [0, 0.05) is 11.4 Å². The summed E-state index contributed by atoms with van der Waals surface area (Å²) < 4.78 is 11.3. The predicted octanol–water partition coefficient (Wildman–Crippen LogP) is 4.53. The first-order valence-corrected chi connectivity index (χ1v) is 7.15. The van der Waals surface area contributed by atoms with E-state index in [-0.39, 0.29) is 11.5 Å². The Hall–Kier alpha value is -1.48. The molecule has 0 amide bonds. The molecule has 3 heteroatoms. The topological polar surface area (TPSA) is 34.4 Å². The predicted molar refractivity (Wildman–Crippen MR) is 83.2 cm³/mol. The molecule has 1 heterocycles. The minimum atomic E-state index is 0.168. The third kappa shape index (κ3) is 2.98. The molecule has 0 aliphatic rings. The van der Waals surface area contributed by atoms with Gasteiger partial charge in [-0.2, -0.15) is 0 Å². The van der Waals surface area contributed by atoms with E-state index >= 15 is 0 Å². The van der Waals surface area contributed by atoms with Gasteiger partial charge in [0.2, 0.25) is 0 Å². The van der Waals surface area contributed by atoms with Crippen molar-refractivity contribution in [1.82, 2.24) is 5.32 Å². The Morgan fingerprint density at radius 3 is 2.50 bits per heavy atom. The molecule has 2 rings (SSSR count). The van der Waals surface area contributed by atoms with Gasteiger partial charge in [0.15, 0.2) is 11.3 Å². The number of para-hydroxylation sites is 1. The van der Waals surface area contributed by atoms with Crippen LogP contribution in [0.15, 0.2) is 28.7 Å². The Bertz CT molecular complexity index is 580. The van der Waals surface area contributed by atoms with Crippen LogP contribution < -0.4 is 10.1 Å². The zero-order valence-electron chi connectivity index (χ0n) is 13.3. The lowest BCUT2D eigenvalue weighted by Gasteiger charge is -2.30. The van der Waals surface area contributed by atoms with E-state index in [1.165, 1.54) is 0 Å². The van der Waals surface area contributed by atoms with Gasteiger partial charge in [-0.3, -0.25) is 0 Å². The van der Waals surface area contributed by atoms with E-state index in [9.17, 15) is 0 Å². The quantitative estimate of drug-likeness (QED) is 0.890. The molecule has 1 N–H and O–H groups in total. The van der Waals surface area contributed by atoms with Crippen LogP contribution in [0.3, 0.4) is 0 Å². The van der Waals surface area contributed by atoms with Gasteiger partial charge in [-0.15, -0.1) is 0 Å². The Morgan fingerprint density at radius 1 is 1.20 bits per heavy atom. The maximum absolute atomic E-state index is 5.98. The summed E-state index contributed by atoms with van der Waals surface area (Å²) in [6.07, 6.45) is 0. The lowest BCUT2D eigenvalue weighted by Crippen LogP contribution is -2.38. The highest BCUT2D eigenvalue weighted by Gasteiger charge is 2.23. The molecule has 0 spiro atoms. The van der Waals surface area contributed by atoms with Gasteiger partial charge in [0.25, 0.3) is 0 Å². The van der Waals surface area contributed by atoms with E-state index in [4.69, 9.17) is 9.15 Å². The van der Waals surface area contributed by atoms with E-state index in [1.54, 1.807) is 7.11 Å². The zero-order valence-corrected chi connectivity index (χ0v) is 13.3. The first-order valence-electron chi connectivity index (χ1n) is 7.15. The first kappa shape index (κ1) is 14.9. The number of ether oxygens (including phenoxy) is 1. The minimum Gasteiger partial charge on any atom is -0.493 e. The number of benzene rings is 1. The molecule has 1 aromatic carbocycles. The lowest BCUT2D eigenvalue weighted by molar-refractivity contribution is 0.258. The second-order valence-corrected chi connectivity index (χ2v) is 6.50. The maximum Gasteiger partial charge on any atom is 0.176 e. The fourth-order valence-corrected chi connectivity index (χ4v) is 2.14. The number of rotatable bonds is 4. The minimum absolute atomic E-state index is 0.168. The second kappa shape index (κ2) is 5.49. The Kier molecular flexibility index (Phi) is 4.09. The molecule has 2 aromatic rings. The van der Waals surface area contributed by atoms with E-state index in [1.807, 2.05) is 18.2 Å². The van der Waals surface area contributed by atoms with Crippen molar-refractivity contribution in [1.29, 1.82) is 0 Å².